The van der Waals surface area contributed by atoms with Gasteiger partial charge in [0.2, 0.25) is 0 Å². The Labute approximate surface area is 97.8 Å². The lowest BCUT2D eigenvalue weighted by molar-refractivity contribution is 0.524. The summed E-state index contributed by atoms with van der Waals surface area (Å²) in [6, 6.07) is 0. The fourth-order valence-corrected chi connectivity index (χ4v) is 1.58. The van der Waals surface area contributed by atoms with Crippen LogP contribution in [0.3, 0.4) is 0 Å². The predicted octanol–water partition coefficient (Wildman–Crippen LogP) is 1.62. The first-order valence-corrected chi connectivity index (χ1v) is 5.57. The summed E-state index contributed by atoms with van der Waals surface area (Å²) in [5, 5.41) is 3.35. The third kappa shape index (κ3) is 3.38. The van der Waals surface area contributed by atoms with Crippen molar-refractivity contribution in [1.82, 2.24) is 9.97 Å². The van der Waals surface area contributed by atoms with Gasteiger partial charge in [-0.2, -0.15) is 0 Å². The fourth-order valence-electron chi connectivity index (χ4n) is 1.15. The highest BCUT2D eigenvalue weighted by Gasteiger charge is 2.17. The van der Waals surface area contributed by atoms with E-state index in [4.69, 9.17) is 5.73 Å². The van der Waals surface area contributed by atoms with E-state index in [-0.39, 0.29) is 5.54 Å². The van der Waals surface area contributed by atoms with Gasteiger partial charge >= 0.3 is 0 Å². The van der Waals surface area contributed by atoms with E-state index in [9.17, 15) is 0 Å². The summed E-state index contributed by atoms with van der Waals surface area (Å²) in [7, 11) is 0. The van der Waals surface area contributed by atoms with Crippen LogP contribution >= 0.6 is 22.6 Å². The summed E-state index contributed by atoms with van der Waals surface area (Å²) in [6.45, 7) is 4.89. The van der Waals surface area contributed by atoms with Gasteiger partial charge in [0.25, 0.3) is 0 Å². The Kier molecular flexibility index (Phi) is 4.06. The summed E-state index contributed by atoms with van der Waals surface area (Å²) >= 11 is 2.21. The topological polar surface area (TPSA) is 63.8 Å². The Morgan fingerprint density at radius 2 is 2.29 bits per heavy atom. The van der Waals surface area contributed by atoms with Crippen molar-refractivity contribution in [2.45, 2.75) is 25.8 Å². The minimum absolute atomic E-state index is 0.0248. The SMILES string of the molecule is CC(C)(CCN)Nc1ncncc1I. The maximum atomic E-state index is 5.53. The van der Waals surface area contributed by atoms with E-state index in [1.54, 1.807) is 12.5 Å². The van der Waals surface area contributed by atoms with Crippen LogP contribution in [0.15, 0.2) is 12.5 Å². The van der Waals surface area contributed by atoms with Crippen molar-refractivity contribution >= 4 is 28.4 Å². The zero-order valence-corrected chi connectivity index (χ0v) is 10.6. The molecule has 0 atom stereocenters. The minimum Gasteiger partial charge on any atom is -0.364 e. The number of anilines is 1. The molecule has 0 aliphatic heterocycles. The minimum atomic E-state index is -0.0248. The molecule has 0 radical (unpaired) electrons. The number of nitrogens with zero attached hydrogens (tertiary/aromatic N) is 2. The maximum absolute atomic E-state index is 5.53. The largest absolute Gasteiger partial charge is 0.364 e. The smallest absolute Gasteiger partial charge is 0.143 e. The van der Waals surface area contributed by atoms with Crippen LogP contribution in [-0.2, 0) is 0 Å². The summed E-state index contributed by atoms with van der Waals surface area (Å²) in [6.07, 6.45) is 4.24. The second-order valence-electron chi connectivity index (χ2n) is 3.77. The summed E-state index contributed by atoms with van der Waals surface area (Å²) < 4.78 is 1.02. The Bertz CT molecular complexity index is 301. The molecule has 0 aliphatic carbocycles. The standard InChI is InChI=1S/C9H15IN4/c1-9(2,3-4-11)14-8-7(10)5-12-6-13-8/h5-6H,3-4,11H2,1-2H3,(H,12,13,14). The lowest BCUT2D eigenvalue weighted by atomic mass is 10.0. The number of halogens is 1. The molecule has 0 spiro atoms. The molecule has 0 aliphatic rings. The molecular weight excluding hydrogens is 291 g/mol. The molecule has 1 aromatic heterocycles. The van der Waals surface area contributed by atoms with Gasteiger partial charge in [-0.15, -0.1) is 0 Å². The molecule has 0 bridgehead atoms. The molecule has 78 valence electrons. The van der Waals surface area contributed by atoms with Crippen LogP contribution in [0.5, 0.6) is 0 Å². The summed E-state index contributed by atoms with van der Waals surface area (Å²) in [5.74, 6) is 0.874. The third-order valence-electron chi connectivity index (χ3n) is 1.89. The Morgan fingerprint density at radius 1 is 1.57 bits per heavy atom. The van der Waals surface area contributed by atoms with Crippen LogP contribution in [0.1, 0.15) is 20.3 Å². The number of nitrogens with one attached hydrogen (secondary N) is 1. The number of nitrogens with two attached hydrogens (primary N) is 1. The van der Waals surface area contributed by atoms with Gasteiger partial charge in [-0.1, -0.05) is 0 Å². The molecule has 0 saturated heterocycles. The van der Waals surface area contributed by atoms with E-state index in [0.717, 1.165) is 15.8 Å². The van der Waals surface area contributed by atoms with Gasteiger partial charge in [0, 0.05) is 11.7 Å². The van der Waals surface area contributed by atoms with Crippen molar-refractivity contribution in [3.05, 3.63) is 16.1 Å². The highest BCUT2D eigenvalue weighted by Crippen LogP contribution is 2.19. The lowest BCUT2D eigenvalue weighted by Gasteiger charge is -2.26. The van der Waals surface area contributed by atoms with Crippen LogP contribution in [0, 0.1) is 3.57 Å². The average molecular weight is 306 g/mol. The monoisotopic (exact) mass is 306 g/mol. The van der Waals surface area contributed by atoms with Crippen molar-refractivity contribution in [3.63, 3.8) is 0 Å². The van der Waals surface area contributed by atoms with E-state index in [1.165, 1.54) is 0 Å². The molecular formula is C9H15IN4. The Morgan fingerprint density at radius 3 is 2.86 bits per heavy atom. The predicted molar refractivity (Wildman–Crippen MR) is 66.1 cm³/mol. The number of aromatic nitrogens is 2. The van der Waals surface area contributed by atoms with Gasteiger partial charge in [-0.3, -0.25) is 0 Å². The second kappa shape index (κ2) is 4.88. The van der Waals surface area contributed by atoms with Crippen molar-refractivity contribution < 1.29 is 0 Å². The van der Waals surface area contributed by atoms with E-state index < -0.39 is 0 Å². The van der Waals surface area contributed by atoms with Gasteiger partial charge in [-0.05, 0) is 49.4 Å². The highest BCUT2D eigenvalue weighted by molar-refractivity contribution is 14.1. The molecule has 1 heterocycles. The van der Waals surface area contributed by atoms with Crippen LogP contribution in [0.4, 0.5) is 5.82 Å². The first-order chi connectivity index (χ1) is 6.55. The fraction of sp³-hybridized carbons (Fsp3) is 0.556. The van der Waals surface area contributed by atoms with Crippen LogP contribution in [0.2, 0.25) is 0 Å². The third-order valence-corrected chi connectivity index (χ3v) is 2.68. The quantitative estimate of drug-likeness (QED) is 0.830. The zero-order valence-electron chi connectivity index (χ0n) is 8.42. The average Bonchev–Trinajstić information content (AvgIpc) is 2.08. The molecule has 14 heavy (non-hydrogen) atoms. The van der Waals surface area contributed by atoms with Gasteiger partial charge in [0.1, 0.15) is 12.1 Å². The second-order valence-corrected chi connectivity index (χ2v) is 4.93. The van der Waals surface area contributed by atoms with E-state index in [2.05, 4.69) is 51.7 Å². The Hall–Kier alpha value is -0.430. The van der Waals surface area contributed by atoms with Crippen LogP contribution < -0.4 is 11.1 Å². The number of hydrogen-bond donors (Lipinski definition) is 2. The van der Waals surface area contributed by atoms with Gasteiger partial charge in [0.15, 0.2) is 0 Å². The lowest BCUT2D eigenvalue weighted by Crippen LogP contribution is -2.34. The van der Waals surface area contributed by atoms with E-state index in [1.807, 2.05) is 0 Å². The molecule has 0 saturated carbocycles. The zero-order chi connectivity index (χ0) is 10.6. The molecule has 1 rings (SSSR count). The van der Waals surface area contributed by atoms with Crippen LogP contribution in [-0.4, -0.2) is 22.1 Å². The molecule has 5 heteroatoms. The molecule has 4 nitrogen and oxygen atoms in total. The van der Waals surface area contributed by atoms with E-state index in [0.29, 0.717) is 6.54 Å². The van der Waals surface area contributed by atoms with Crippen LogP contribution in [0.25, 0.3) is 0 Å². The molecule has 0 unspecified atom stereocenters. The number of rotatable bonds is 4. The van der Waals surface area contributed by atoms with E-state index >= 15 is 0 Å². The maximum Gasteiger partial charge on any atom is 0.143 e. The molecule has 0 amide bonds. The first kappa shape index (κ1) is 11.6. The van der Waals surface area contributed by atoms with Gasteiger partial charge < -0.3 is 11.1 Å². The molecule has 3 N–H and O–H groups in total. The van der Waals surface area contributed by atoms with Crippen molar-refractivity contribution in [1.29, 1.82) is 0 Å². The van der Waals surface area contributed by atoms with Gasteiger partial charge in [0.05, 0.1) is 3.57 Å². The molecule has 1 aromatic rings. The molecule has 0 fully saturated rings. The van der Waals surface area contributed by atoms with Crippen molar-refractivity contribution in [2.24, 2.45) is 5.73 Å². The van der Waals surface area contributed by atoms with Crippen molar-refractivity contribution in [3.8, 4) is 0 Å². The first-order valence-electron chi connectivity index (χ1n) is 4.49. The summed E-state index contributed by atoms with van der Waals surface area (Å²) in [5.41, 5.74) is 5.51. The summed E-state index contributed by atoms with van der Waals surface area (Å²) in [4.78, 5) is 8.11. The highest BCUT2D eigenvalue weighted by atomic mass is 127. The van der Waals surface area contributed by atoms with Gasteiger partial charge in [-0.25, -0.2) is 9.97 Å². The Balaban J connectivity index is 2.73. The normalized spacial score (nSPS) is 11.4. The number of hydrogen-bond acceptors (Lipinski definition) is 4. The van der Waals surface area contributed by atoms with Crippen molar-refractivity contribution in [2.75, 3.05) is 11.9 Å². The molecule has 0 aromatic carbocycles.